The average molecular weight is 395 g/mol. The van der Waals surface area contributed by atoms with E-state index in [-0.39, 0.29) is 11.3 Å². The van der Waals surface area contributed by atoms with E-state index in [1.54, 1.807) is 25.1 Å². The number of hydrogen-bond donors (Lipinski definition) is 1. The van der Waals surface area contributed by atoms with Gasteiger partial charge < -0.3 is 19.5 Å². The first-order valence-corrected chi connectivity index (χ1v) is 9.01. The van der Waals surface area contributed by atoms with Gasteiger partial charge in [-0.25, -0.2) is 0 Å². The molecule has 4 rings (SSSR count). The van der Waals surface area contributed by atoms with Gasteiger partial charge in [-0.1, -0.05) is 34.6 Å². The Bertz CT molecular complexity index is 1240. The number of aromatic nitrogens is 2. The third-order valence-corrected chi connectivity index (χ3v) is 4.94. The molecule has 0 aliphatic rings. The Kier molecular flexibility index (Phi) is 4.35. The molecule has 0 saturated carbocycles. The summed E-state index contributed by atoms with van der Waals surface area (Å²) in [5, 5.41) is 17.6. The number of rotatable bonds is 3. The van der Waals surface area contributed by atoms with Crippen LogP contribution in [0.4, 0.5) is 5.69 Å². The van der Waals surface area contributed by atoms with E-state index < -0.39 is 11.3 Å². The van der Waals surface area contributed by atoms with Gasteiger partial charge >= 0.3 is 0 Å². The second-order valence-corrected chi connectivity index (χ2v) is 7.22. The van der Waals surface area contributed by atoms with E-state index in [1.165, 1.54) is 0 Å². The largest absolute Gasteiger partial charge is 0.871 e. The van der Waals surface area contributed by atoms with E-state index >= 15 is 0 Å². The maximum Gasteiger partial charge on any atom is 0.258 e. The maximum absolute atomic E-state index is 13.0. The minimum atomic E-state index is -0.534. The number of aromatic amines is 1. The molecule has 0 unspecified atom stereocenters. The zero-order valence-corrected chi connectivity index (χ0v) is 16.3. The van der Waals surface area contributed by atoms with Crippen molar-refractivity contribution < 1.29 is 9.63 Å². The number of nitrogens with one attached hydrogen (secondary N) is 1. The highest BCUT2D eigenvalue weighted by Crippen LogP contribution is 2.37. The van der Waals surface area contributed by atoms with E-state index in [9.17, 15) is 9.90 Å². The standard InChI is InChI=1S/C21H18ClN3O3/c1-11-8-18(28-24-11)19-20(26)15-9-14(16(22)10-17(15)23-21(19)27)12-4-6-13(7-5-12)25(2)3/h4-10H,1-3H3,(H2,23,26,27)/p-1. The summed E-state index contributed by atoms with van der Waals surface area (Å²) in [5.41, 5.74) is 3.01. The van der Waals surface area contributed by atoms with Crippen molar-refractivity contribution in [1.29, 1.82) is 0 Å². The molecule has 4 aromatic rings. The van der Waals surface area contributed by atoms with Gasteiger partial charge in [0.2, 0.25) is 0 Å². The molecule has 28 heavy (non-hydrogen) atoms. The third kappa shape index (κ3) is 3.01. The van der Waals surface area contributed by atoms with E-state index in [4.69, 9.17) is 16.1 Å². The molecule has 1 N–H and O–H groups in total. The van der Waals surface area contributed by atoms with Crippen LogP contribution >= 0.6 is 11.6 Å². The number of H-pyrrole nitrogens is 1. The van der Waals surface area contributed by atoms with Crippen molar-refractivity contribution in [3.05, 3.63) is 63.5 Å². The lowest BCUT2D eigenvalue weighted by molar-refractivity contribution is -0.265. The molecule has 0 fully saturated rings. The first-order chi connectivity index (χ1) is 13.3. The molecule has 142 valence electrons. The van der Waals surface area contributed by atoms with Crippen LogP contribution in [-0.4, -0.2) is 24.2 Å². The molecule has 0 amide bonds. The molecular formula is C21H17ClN3O3-. The fraction of sp³-hybridized carbons (Fsp3) is 0.143. The van der Waals surface area contributed by atoms with Crippen LogP contribution in [-0.2, 0) is 0 Å². The molecule has 0 radical (unpaired) electrons. The Hall–Kier alpha value is -3.25. The average Bonchev–Trinajstić information content (AvgIpc) is 3.07. The highest BCUT2D eigenvalue weighted by Gasteiger charge is 2.15. The summed E-state index contributed by atoms with van der Waals surface area (Å²) in [7, 11) is 3.93. The van der Waals surface area contributed by atoms with Crippen LogP contribution in [0.5, 0.6) is 5.75 Å². The zero-order chi connectivity index (χ0) is 20.0. The number of fused-ring (bicyclic) bond motifs is 1. The SMILES string of the molecule is Cc1cc(-c2c([O-])c3cc(-c4ccc(N(C)C)cc4)c(Cl)cc3[nH]c2=O)on1. The number of benzene rings is 2. The molecule has 0 spiro atoms. The quantitative estimate of drug-likeness (QED) is 0.568. The van der Waals surface area contributed by atoms with Gasteiger partial charge in [0.05, 0.1) is 16.3 Å². The van der Waals surface area contributed by atoms with Crippen LogP contribution in [0.1, 0.15) is 5.69 Å². The summed E-state index contributed by atoms with van der Waals surface area (Å²) in [6.45, 7) is 1.72. The van der Waals surface area contributed by atoms with Gasteiger partial charge in [0.15, 0.2) is 5.76 Å². The molecule has 2 aromatic carbocycles. The molecule has 2 aromatic heterocycles. The summed E-state index contributed by atoms with van der Waals surface area (Å²) < 4.78 is 5.13. The second kappa shape index (κ2) is 6.73. The smallest absolute Gasteiger partial charge is 0.258 e. The van der Waals surface area contributed by atoms with Crippen LogP contribution in [0.3, 0.4) is 0 Å². The van der Waals surface area contributed by atoms with E-state index in [0.29, 0.717) is 27.2 Å². The van der Waals surface area contributed by atoms with Crippen molar-refractivity contribution in [2.45, 2.75) is 6.92 Å². The predicted octanol–water partition coefficient (Wildman–Crippen LogP) is 3.95. The Balaban J connectivity index is 1.92. The predicted molar refractivity (Wildman–Crippen MR) is 109 cm³/mol. The molecule has 7 heteroatoms. The lowest BCUT2D eigenvalue weighted by Crippen LogP contribution is -2.13. The van der Waals surface area contributed by atoms with Crippen molar-refractivity contribution >= 4 is 28.2 Å². The Morgan fingerprint density at radius 3 is 2.46 bits per heavy atom. The van der Waals surface area contributed by atoms with Crippen molar-refractivity contribution in [3.63, 3.8) is 0 Å². The fourth-order valence-electron chi connectivity index (χ4n) is 3.15. The summed E-state index contributed by atoms with van der Waals surface area (Å²) in [5.74, 6) is -0.268. The first-order valence-electron chi connectivity index (χ1n) is 8.63. The number of anilines is 1. The minimum absolute atomic E-state index is 0.0654. The molecule has 0 aliphatic heterocycles. The van der Waals surface area contributed by atoms with Gasteiger partial charge in [0, 0.05) is 36.9 Å². The number of aryl methyl sites for hydroxylation is 1. The van der Waals surface area contributed by atoms with Crippen LogP contribution in [0.2, 0.25) is 5.02 Å². The van der Waals surface area contributed by atoms with Crippen LogP contribution in [0.15, 0.2) is 51.8 Å². The zero-order valence-electron chi connectivity index (χ0n) is 15.5. The lowest BCUT2D eigenvalue weighted by Gasteiger charge is -2.17. The van der Waals surface area contributed by atoms with E-state index in [2.05, 4.69) is 10.1 Å². The molecule has 0 bridgehead atoms. The Morgan fingerprint density at radius 1 is 1.14 bits per heavy atom. The maximum atomic E-state index is 13.0. The monoisotopic (exact) mass is 394 g/mol. The third-order valence-electron chi connectivity index (χ3n) is 4.62. The number of pyridine rings is 1. The molecular weight excluding hydrogens is 378 g/mol. The van der Waals surface area contributed by atoms with Crippen molar-refractivity contribution in [2.75, 3.05) is 19.0 Å². The second-order valence-electron chi connectivity index (χ2n) is 6.81. The molecule has 0 saturated heterocycles. The van der Waals surface area contributed by atoms with Gasteiger partial charge in [0.1, 0.15) is 0 Å². The molecule has 0 aliphatic carbocycles. The first kappa shape index (κ1) is 18.1. The Morgan fingerprint density at radius 2 is 1.86 bits per heavy atom. The van der Waals surface area contributed by atoms with E-state index in [0.717, 1.165) is 11.3 Å². The highest BCUT2D eigenvalue weighted by molar-refractivity contribution is 6.34. The topological polar surface area (TPSA) is 85.2 Å². The molecule has 6 nitrogen and oxygen atoms in total. The van der Waals surface area contributed by atoms with Crippen LogP contribution in [0.25, 0.3) is 33.4 Å². The number of halogens is 1. The van der Waals surface area contributed by atoms with Gasteiger partial charge in [-0.05, 0) is 42.1 Å². The summed E-state index contributed by atoms with van der Waals surface area (Å²) in [6, 6.07) is 12.7. The normalized spacial score (nSPS) is 11.1. The fourth-order valence-corrected chi connectivity index (χ4v) is 3.43. The summed E-state index contributed by atoms with van der Waals surface area (Å²) in [6.07, 6.45) is 0. The van der Waals surface area contributed by atoms with E-state index in [1.807, 2.05) is 43.3 Å². The summed E-state index contributed by atoms with van der Waals surface area (Å²) in [4.78, 5) is 17.2. The minimum Gasteiger partial charge on any atom is -0.871 e. The number of nitrogens with zero attached hydrogens (tertiary/aromatic N) is 2. The van der Waals surface area contributed by atoms with Gasteiger partial charge in [-0.2, -0.15) is 0 Å². The summed E-state index contributed by atoms with van der Waals surface area (Å²) >= 11 is 6.44. The highest BCUT2D eigenvalue weighted by atomic mass is 35.5. The Labute approximate surface area is 166 Å². The van der Waals surface area contributed by atoms with Gasteiger partial charge in [0.25, 0.3) is 5.56 Å². The number of hydrogen-bond acceptors (Lipinski definition) is 5. The van der Waals surface area contributed by atoms with Crippen LogP contribution in [0, 0.1) is 6.92 Å². The van der Waals surface area contributed by atoms with Crippen LogP contribution < -0.4 is 15.6 Å². The van der Waals surface area contributed by atoms with Crippen molar-refractivity contribution in [3.8, 4) is 28.2 Å². The molecule has 2 heterocycles. The van der Waals surface area contributed by atoms with Crippen molar-refractivity contribution in [2.24, 2.45) is 0 Å². The van der Waals surface area contributed by atoms with Gasteiger partial charge in [-0.15, -0.1) is 0 Å². The lowest BCUT2D eigenvalue weighted by atomic mass is 10.0. The van der Waals surface area contributed by atoms with Gasteiger partial charge in [-0.3, -0.25) is 4.79 Å². The van der Waals surface area contributed by atoms with Crippen molar-refractivity contribution in [1.82, 2.24) is 10.1 Å². The molecule has 0 atom stereocenters.